The van der Waals surface area contributed by atoms with E-state index < -0.39 is 0 Å². The Balaban J connectivity index is 1.53. The van der Waals surface area contributed by atoms with E-state index in [1.54, 1.807) is 12.5 Å². The summed E-state index contributed by atoms with van der Waals surface area (Å²) in [6.45, 7) is 11.0. The number of piperazine rings is 1. The van der Waals surface area contributed by atoms with Gasteiger partial charge in [0, 0.05) is 51.4 Å². The highest BCUT2D eigenvalue weighted by atomic mass is 16.3. The van der Waals surface area contributed by atoms with Crippen LogP contribution in [0.3, 0.4) is 0 Å². The van der Waals surface area contributed by atoms with E-state index in [-0.39, 0.29) is 11.9 Å². The van der Waals surface area contributed by atoms with Gasteiger partial charge < -0.3 is 19.5 Å². The van der Waals surface area contributed by atoms with E-state index >= 15 is 0 Å². The first-order valence-corrected chi connectivity index (χ1v) is 9.76. The van der Waals surface area contributed by atoms with Gasteiger partial charge in [0.05, 0.1) is 25.1 Å². The van der Waals surface area contributed by atoms with Crippen LogP contribution in [0.4, 0.5) is 0 Å². The van der Waals surface area contributed by atoms with Crippen molar-refractivity contribution in [1.29, 1.82) is 0 Å². The lowest BCUT2D eigenvalue weighted by Crippen LogP contribution is -2.57. The molecule has 3 heterocycles. The zero-order valence-electron chi connectivity index (χ0n) is 16.0. The van der Waals surface area contributed by atoms with Gasteiger partial charge in [0.2, 0.25) is 5.91 Å². The molecular weight excluding hydrogens is 330 g/mol. The van der Waals surface area contributed by atoms with Crippen molar-refractivity contribution in [2.75, 3.05) is 45.8 Å². The molecule has 2 fully saturated rings. The standard InChI is InChI=1S/C19H31N5O2/c1-3-20-19(21-14-17-6-13-26-15-17)24-11-9-22(10-12-24)16(2)18(25)23-7-4-5-8-23/h6,13,15-16H,3-5,7-12,14H2,1-2H3,(H,20,21). The molecule has 2 aliphatic heterocycles. The van der Waals surface area contributed by atoms with Crippen LogP contribution in [0.5, 0.6) is 0 Å². The molecule has 1 aromatic rings. The number of likely N-dealkylation sites (tertiary alicyclic amines) is 1. The van der Waals surface area contributed by atoms with Gasteiger partial charge in [-0.15, -0.1) is 0 Å². The summed E-state index contributed by atoms with van der Waals surface area (Å²) in [5, 5.41) is 3.38. The molecule has 3 rings (SSSR count). The van der Waals surface area contributed by atoms with E-state index in [1.807, 2.05) is 11.0 Å². The van der Waals surface area contributed by atoms with Gasteiger partial charge in [0.25, 0.3) is 0 Å². The van der Waals surface area contributed by atoms with Crippen LogP contribution in [-0.2, 0) is 11.3 Å². The average Bonchev–Trinajstić information content (AvgIpc) is 3.38. The summed E-state index contributed by atoms with van der Waals surface area (Å²) in [5.41, 5.74) is 1.07. The molecule has 7 nitrogen and oxygen atoms in total. The fraction of sp³-hybridized carbons (Fsp3) is 0.684. The number of hydrogen-bond donors (Lipinski definition) is 1. The number of aliphatic imine (C=N–C) groups is 1. The van der Waals surface area contributed by atoms with Gasteiger partial charge in [-0.2, -0.15) is 0 Å². The zero-order chi connectivity index (χ0) is 18.4. The minimum atomic E-state index is -0.0271. The molecule has 0 radical (unpaired) electrons. The number of rotatable bonds is 5. The highest BCUT2D eigenvalue weighted by Gasteiger charge is 2.30. The molecule has 7 heteroatoms. The average molecular weight is 361 g/mol. The van der Waals surface area contributed by atoms with Crippen molar-refractivity contribution in [3.8, 4) is 0 Å². The molecular formula is C19H31N5O2. The summed E-state index contributed by atoms with van der Waals surface area (Å²) in [7, 11) is 0. The Morgan fingerprint density at radius 2 is 1.92 bits per heavy atom. The van der Waals surface area contributed by atoms with Gasteiger partial charge in [0.15, 0.2) is 5.96 Å². The lowest BCUT2D eigenvalue weighted by molar-refractivity contribution is -0.135. The van der Waals surface area contributed by atoms with Gasteiger partial charge >= 0.3 is 0 Å². The molecule has 0 bridgehead atoms. The Morgan fingerprint density at radius 1 is 1.19 bits per heavy atom. The van der Waals surface area contributed by atoms with E-state index in [2.05, 4.69) is 29.0 Å². The second-order valence-corrected chi connectivity index (χ2v) is 7.03. The van der Waals surface area contributed by atoms with Crippen molar-refractivity contribution in [3.05, 3.63) is 24.2 Å². The number of guanidine groups is 1. The second kappa shape index (κ2) is 9.07. The Kier molecular flexibility index (Phi) is 6.55. The molecule has 1 unspecified atom stereocenters. The maximum atomic E-state index is 12.6. The number of carbonyl (C=O) groups excluding carboxylic acids is 1. The fourth-order valence-electron chi connectivity index (χ4n) is 3.65. The maximum Gasteiger partial charge on any atom is 0.239 e. The first-order valence-electron chi connectivity index (χ1n) is 9.76. The molecule has 2 saturated heterocycles. The van der Waals surface area contributed by atoms with Crippen LogP contribution in [0.15, 0.2) is 28.0 Å². The Bertz CT molecular complexity index is 587. The minimum Gasteiger partial charge on any atom is -0.472 e. The third-order valence-electron chi connectivity index (χ3n) is 5.26. The monoisotopic (exact) mass is 361 g/mol. The van der Waals surface area contributed by atoms with Crippen LogP contribution in [0.1, 0.15) is 32.3 Å². The van der Waals surface area contributed by atoms with Crippen LogP contribution in [0.2, 0.25) is 0 Å². The topological polar surface area (TPSA) is 64.3 Å². The highest BCUT2D eigenvalue weighted by molar-refractivity contribution is 5.82. The van der Waals surface area contributed by atoms with Crippen molar-refractivity contribution in [1.82, 2.24) is 20.0 Å². The quantitative estimate of drug-likeness (QED) is 0.634. The van der Waals surface area contributed by atoms with Crippen molar-refractivity contribution >= 4 is 11.9 Å². The first kappa shape index (κ1) is 18.8. The molecule has 0 aliphatic carbocycles. The molecule has 26 heavy (non-hydrogen) atoms. The summed E-state index contributed by atoms with van der Waals surface area (Å²) in [6, 6.07) is 1.91. The third-order valence-corrected chi connectivity index (χ3v) is 5.26. The molecule has 0 spiro atoms. The van der Waals surface area contributed by atoms with Crippen molar-refractivity contribution in [2.24, 2.45) is 4.99 Å². The number of nitrogens with zero attached hydrogens (tertiary/aromatic N) is 4. The Morgan fingerprint density at radius 3 is 2.54 bits per heavy atom. The molecule has 2 aliphatic rings. The minimum absolute atomic E-state index is 0.0271. The number of nitrogens with one attached hydrogen (secondary N) is 1. The van der Waals surface area contributed by atoms with Gasteiger partial charge in [-0.05, 0) is 32.8 Å². The molecule has 0 saturated carbocycles. The van der Waals surface area contributed by atoms with Crippen LogP contribution >= 0.6 is 0 Å². The molecule has 1 N–H and O–H groups in total. The van der Waals surface area contributed by atoms with Gasteiger partial charge in [0.1, 0.15) is 0 Å². The SMILES string of the molecule is CCNC(=NCc1ccoc1)N1CCN(C(C)C(=O)N2CCCC2)CC1. The number of carbonyl (C=O) groups is 1. The summed E-state index contributed by atoms with van der Waals surface area (Å²) in [6.07, 6.45) is 5.70. The predicted molar refractivity (Wildman–Crippen MR) is 102 cm³/mol. The number of furan rings is 1. The summed E-state index contributed by atoms with van der Waals surface area (Å²) >= 11 is 0. The van der Waals surface area contributed by atoms with Crippen molar-refractivity contribution in [2.45, 2.75) is 39.3 Å². The van der Waals surface area contributed by atoms with E-state index in [0.717, 1.165) is 70.2 Å². The lowest BCUT2D eigenvalue weighted by atomic mass is 10.2. The molecule has 1 atom stereocenters. The second-order valence-electron chi connectivity index (χ2n) is 7.03. The van der Waals surface area contributed by atoms with Crippen LogP contribution < -0.4 is 5.32 Å². The lowest BCUT2D eigenvalue weighted by Gasteiger charge is -2.39. The van der Waals surface area contributed by atoms with E-state index in [1.165, 1.54) is 0 Å². The van der Waals surface area contributed by atoms with Gasteiger partial charge in [-0.25, -0.2) is 4.99 Å². The van der Waals surface area contributed by atoms with Crippen LogP contribution in [-0.4, -0.2) is 78.4 Å². The Hall–Kier alpha value is -2.02. The molecule has 144 valence electrons. The smallest absolute Gasteiger partial charge is 0.239 e. The van der Waals surface area contributed by atoms with E-state index in [4.69, 9.17) is 9.41 Å². The Labute approximate surface area is 156 Å². The zero-order valence-corrected chi connectivity index (χ0v) is 16.0. The summed E-state index contributed by atoms with van der Waals surface area (Å²) in [5.74, 6) is 1.23. The normalized spacial score (nSPS) is 20.5. The molecule has 1 aromatic heterocycles. The maximum absolute atomic E-state index is 12.6. The first-order chi connectivity index (χ1) is 12.7. The highest BCUT2D eigenvalue weighted by Crippen LogP contribution is 2.14. The van der Waals surface area contributed by atoms with Gasteiger partial charge in [-0.1, -0.05) is 0 Å². The van der Waals surface area contributed by atoms with Crippen molar-refractivity contribution in [3.63, 3.8) is 0 Å². The van der Waals surface area contributed by atoms with Gasteiger partial charge in [-0.3, -0.25) is 9.69 Å². The predicted octanol–water partition coefficient (Wildman–Crippen LogP) is 1.37. The third kappa shape index (κ3) is 4.58. The van der Waals surface area contributed by atoms with E-state index in [0.29, 0.717) is 6.54 Å². The molecule has 1 amide bonds. The van der Waals surface area contributed by atoms with E-state index in [9.17, 15) is 4.79 Å². The molecule has 0 aromatic carbocycles. The van der Waals surface area contributed by atoms with Crippen LogP contribution in [0.25, 0.3) is 0 Å². The summed E-state index contributed by atoms with van der Waals surface area (Å²) in [4.78, 5) is 24.0. The number of amides is 1. The van der Waals surface area contributed by atoms with Crippen LogP contribution in [0, 0.1) is 0 Å². The summed E-state index contributed by atoms with van der Waals surface area (Å²) < 4.78 is 5.11. The fourth-order valence-corrected chi connectivity index (χ4v) is 3.65. The number of hydrogen-bond acceptors (Lipinski definition) is 4. The largest absolute Gasteiger partial charge is 0.472 e. The van der Waals surface area contributed by atoms with Crippen molar-refractivity contribution < 1.29 is 9.21 Å².